The summed E-state index contributed by atoms with van der Waals surface area (Å²) in [6, 6.07) is 0. The summed E-state index contributed by atoms with van der Waals surface area (Å²) in [4.78, 5) is 72.9. The summed E-state index contributed by atoms with van der Waals surface area (Å²) in [6.07, 6.45) is 56.8. The number of unbranched alkanes of at least 4 members (excludes halogenated alkanes) is 45. The van der Waals surface area contributed by atoms with Gasteiger partial charge in [-0.2, -0.15) is 0 Å². The molecular weight excluding hydrogens is 1260 g/mol. The van der Waals surface area contributed by atoms with Gasteiger partial charge in [-0.1, -0.05) is 350 Å². The van der Waals surface area contributed by atoms with Crippen molar-refractivity contribution in [3.8, 4) is 0 Å². The number of hydrogen-bond acceptors (Lipinski definition) is 15. The van der Waals surface area contributed by atoms with Crippen LogP contribution >= 0.6 is 15.6 Å². The molecule has 0 aliphatic rings. The van der Waals surface area contributed by atoms with Crippen molar-refractivity contribution in [2.45, 2.75) is 419 Å². The van der Waals surface area contributed by atoms with Crippen LogP contribution in [0.1, 0.15) is 401 Å². The van der Waals surface area contributed by atoms with Crippen LogP contribution in [-0.2, 0) is 65.4 Å². The van der Waals surface area contributed by atoms with Crippen molar-refractivity contribution in [3.63, 3.8) is 0 Å². The first-order chi connectivity index (χ1) is 46.4. The fourth-order valence-corrected chi connectivity index (χ4v) is 13.4. The topological polar surface area (TPSA) is 237 Å². The molecule has 0 rings (SSSR count). The quantitative estimate of drug-likeness (QED) is 0.0222. The maximum Gasteiger partial charge on any atom is 0.472 e. The van der Waals surface area contributed by atoms with Crippen molar-refractivity contribution in [2.75, 3.05) is 39.6 Å². The predicted octanol–water partition coefficient (Wildman–Crippen LogP) is 22.7. The van der Waals surface area contributed by atoms with Gasteiger partial charge in [-0.25, -0.2) is 9.13 Å². The Balaban J connectivity index is 5.25. The van der Waals surface area contributed by atoms with E-state index in [4.69, 9.17) is 37.0 Å². The average molecular weight is 1410 g/mol. The minimum Gasteiger partial charge on any atom is -0.462 e. The van der Waals surface area contributed by atoms with Crippen LogP contribution in [0.4, 0.5) is 0 Å². The lowest BCUT2D eigenvalue weighted by molar-refractivity contribution is -0.161. The Kier molecular flexibility index (Phi) is 67.4. The molecule has 0 aromatic heterocycles. The van der Waals surface area contributed by atoms with Gasteiger partial charge in [0.05, 0.1) is 26.4 Å². The lowest BCUT2D eigenvalue weighted by Crippen LogP contribution is -2.30. The van der Waals surface area contributed by atoms with E-state index in [2.05, 4.69) is 41.5 Å². The van der Waals surface area contributed by atoms with Crippen molar-refractivity contribution in [1.29, 1.82) is 0 Å². The maximum absolute atomic E-state index is 13.1. The van der Waals surface area contributed by atoms with E-state index >= 15 is 0 Å². The van der Waals surface area contributed by atoms with Crippen molar-refractivity contribution in [2.24, 2.45) is 11.8 Å². The maximum atomic E-state index is 13.1. The number of aliphatic hydroxyl groups excluding tert-OH is 1. The van der Waals surface area contributed by atoms with Crippen LogP contribution in [0, 0.1) is 11.8 Å². The fourth-order valence-electron chi connectivity index (χ4n) is 11.8. The van der Waals surface area contributed by atoms with E-state index in [0.29, 0.717) is 25.7 Å². The van der Waals surface area contributed by atoms with Crippen molar-refractivity contribution < 1.29 is 80.2 Å². The minimum atomic E-state index is -4.96. The second-order valence-electron chi connectivity index (χ2n) is 28.5. The summed E-state index contributed by atoms with van der Waals surface area (Å²) in [5.74, 6) is -0.591. The molecule has 96 heavy (non-hydrogen) atoms. The van der Waals surface area contributed by atoms with Gasteiger partial charge in [-0.05, 0) is 37.5 Å². The molecule has 17 nitrogen and oxygen atoms in total. The number of carbonyl (C=O) groups is 4. The molecule has 0 bridgehead atoms. The normalized spacial score (nSPS) is 14.3. The predicted molar refractivity (Wildman–Crippen MR) is 391 cm³/mol. The van der Waals surface area contributed by atoms with Gasteiger partial charge < -0.3 is 33.8 Å². The summed E-state index contributed by atoms with van der Waals surface area (Å²) in [7, 11) is -9.91. The summed E-state index contributed by atoms with van der Waals surface area (Å²) in [5, 5.41) is 10.6. The molecule has 0 fully saturated rings. The molecule has 0 aliphatic heterocycles. The van der Waals surface area contributed by atoms with Crippen LogP contribution in [0.5, 0.6) is 0 Å². The highest BCUT2D eigenvalue weighted by Gasteiger charge is 2.30. The lowest BCUT2D eigenvalue weighted by Gasteiger charge is -2.21. The molecule has 6 atom stereocenters. The minimum absolute atomic E-state index is 0.107. The molecule has 0 amide bonds. The third-order valence-electron chi connectivity index (χ3n) is 18.3. The lowest BCUT2D eigenvalue weighted by atomic mass is 10.00. The molecule has 0 saturated heterocycles. The molecular formula is C77H150O17P2. The van der Waals surface area contributed by atoms with Gasteiger partial charge in [0.2, 0.25) is 0 Å². The second-order valence-corrected chi connectivity index (χ2v) is 31.4. The number of rotatable bonds is 76. The first-order valence-corrected chi connectivity index (χ1v) is 43.0. The molecule has 0 radical (unpaired) electrons. The standard InChI is InChI=1S/C77H150O17P2/c1-7-10-12-14-16-18-20-22-23-24-25-29-34-38-42-50-56-62-76(81)93-72(65-87-74(79)59-53-47-40-36-32-30-26-28-31-35-39-45-51-57-69(4)5)67-91-95(83,84)89-63-71(78)64-90-96(85,86)92-68-73(66-88-75(80)60-54-48-44-43-46-52-58-70(6)9-3)94-77(82)61-55-49-41-37-33-27-21-19-17-15-13-11-8-2/h69-73,78H,7-68H2,1-6H3,(H,83,84)(H,85,86)/t70?,71-,72-,73-/m1/s1. The van der Waals surface area contributed by atoms with Crippen LogP contribution in [0.2, 0.25) is 0 Å². The van der Waals surface area contributed by atoms with Crippen LogP contribution in [-0.4, -0.2) is 96.7 Å². The number of carbonyl (C=O) groups excluding carboxylic acids is 4. The van der Waals surface area contributed by atoms with E-state index in [1.165, 1.54) is 212 Å². The van der Waals surface area contributed by atoms with Crippen LogP contribution in [0.25, 0.3) is 0 Å². The molecule has 3 N–H and O–H groups in total. The Bertz CT molecular complexity index is 1860. The monoisotopic (exact) mass is 1410 g/mol. The van der Waals surface area contributed by atoms with Crippen molar-refractivity contribution in [1.82, 2.24) is 0 Å². The van der Waals surface area contributed by atoms with Gasteiger partial charge >= 0.3 is 39.5 Å². The SMILES string of the molecule is CCCCCCCCCCCCCCCCCCCC(=O)O[C@H](COC(=O)CCCCCCCCCCCCCCCC(C)C)COP(=O)(O)OC[C@@H](O)COP(=O)(O)OC[C@@H](COC(=O)CCCCCCCCC(C)CC)OC(=O)CCCCCCCCCCCCCCC. The van der Waals surface area contributed by atoms with Gasteiger partial charge in [0.1, 0.15) is 19.3 Å². The zero-order valence-corrected chi connectivity index (χ0v) is 64.5. The van der Waals surface area contributed by atoms with Crippen molar-refractivity contribution >= 4 is 39.5 Å². The third kappa shape index (κ3) is 69.2. The van der Waals surface area contributed by atoms with Crippen LogP contribution in [0.3, 0.4) is 0 Å². The first kappa shape index (κ1) is 94.1. The van der Waals surface area contributed by atoms with Gasteiger partial charge in [-0.15, -0.1) is 0 Å². The Hall–Kier alpha value is -1.94. The van der Waals surface area contributed by atoms with Gasteiger partial charge in [0, 0.05) is 25.7 Å². The van der Waals surface area contributed by atoms with Gasteiger partial charge in [0.15, 0.2) is 12.2 Å². The van der Waals surface area contributed by atoms with E-state index < -0.39 is 97.5 Å². The zero-order chi connectivity index (χ0) is 70.7. The number of ether oxygens (including phenoxy) is 4. The Morgan fingerprint density at radius 1 is 0.302 bits per heavy atom. The molecule has 0 aliphatic carbocycles. The van der Waals surface area contributed by atoms with Crippen LogP contribution in [0.15, 0.2) is 0 Å². The number of esters is 4. The number of phosphoric ester groups is 2. The molecule has 570 valence electrons. The number of aliphatic hydroxyl groups is 1. The Morgan fingerprint density at radius 3 is 0.792 bits per heavy atom. The van der Waals surface area contributed by atoms with E-state index in [1.807, 2.05) is 0 Å². The van der Waals surface area contributed by atoms with Crippen molar-refractivity contribution in [3.05, 3.63) is 0 Å². The largest absolute Gasteiger partial charge is 0.472 e. The van der Waals surface area contributed by atoms with E-state index in [0.717, 1.165) is 108 Å². The summed E-state index contributed by atoms with van der Waals surface area (Å²) < 4.78 is 68.6. The fraction of sp³-hybridized carbons (Fsp3) is 0.948. The first-order valence-electron chi connectivity index (χ1n) is 40.0. The van der Waals surface area contributed by atoms with Gasteiger partial charge in [-0.3, -0.25) is 37.3 Å². The summed E-state index contributed by atoms with van der Waals surface area (Å²) >= 11 is 0. The Labute approximate surface area is 588 Å². The molecule has 0 saturated carbocycles. The van der Waals surface area contributed by atoms with E-state index in [-0.39, 0.29) is 25.7 Å². The summed E-state index contributed by atoms with van der Waals surface area (Å²) in [6.45, 7) is 9.59. The summed E-state index contributed by atoms with van der Waals surface area (Å²) in [5.41, 5.74) is 0. The molecule has 0 aromatic rings. The van der Waals surface area contributed by atoms with E-state index in [1.54, 1.807) is 0 Å². The highest BCUT2D eigenvalue weighted by Crippen LogP contribution is 2.45. The zero-order valence-electron chi connectivity index (χ0n) is 62.7. The molecule has 0 heterocycles. The smallest absolute Gasteiger partial charge is 0.462 e. The third-order valence-corrected chi connectivity index (χ3v) is 20.2. The van der Waals surface area contributed by atoms with Gasteiger partial charge in [0.25, 0.3) is 0 Å². The van der Waals surface area contributed by atoms with E-state index in [9.17, 15) is 43.2 Å². The molecule has 19 heteroatoms. The second kappa shape index (κ2) is 68.8. The highest BCUT2D eigenvalue weighted by atomic mass is 31.2. The molecule has 0 spiro atoms. The highest BCUT2D eigenvalue weighted by molar-refractivity contribution is 7.47. The number of hydrogen-bond donors (Lipinski definition) is 3. The average Bonchev–Trinajstić information content (AvgIpc) is 1.22. The number of phosphoric acid groups is 2. The van der Waals surface area contributed by atoms with Crippen LogP contribution < -0.4 is 0 Å². The Morgan fingerprint density at radius 2 is 0.531 bits per heavy atom. The molecule has 3 unspecified atom stereocenters. The molecule has 0 aromatic carbocycles.